The molecule has 188 valence electrons. The molecule has 2 aromatic rings. The van der Waals surface area contributed by atoms with E-state index >= 15 is 0 Å². The van der Waals surface area contributed by atoms with E-state index in [2.05, 4.69) is 15.8 Å². The molecule has 0 unspecified atom stereocenters. The van der Waals surface area contributed by atoms with Crippen molar-refractivity contribution in [3.05, 3.63) is 59.7 Å². The number of aryl methyl sites for hydroxylation is 1. The summed E-state index contributed by atoms with van der Waals surface area (Å²) < 4.78 is 25.9. The number of guanidine groups is 1. The summed E-state index contributed by atoms with van der Waals surface area (Å²) in [5.74, 6) is -2.43. The number of nitrogens with two attached hydrogens (primary N) is 3. The number of hydrogen-bond donors (Lipinski definition) is 6. The summed E-state index contributed by atoms with van der Waals surface area (Å²) in [5.41, 5.74) is 21.7. The molecule has 0 aliphatic carbocycles. The number of sulfone groups is 1. The van der Waals surface area contributed by atoms with Gasteiger partial charge in [-0.05, 0) is 43.2 Å². The number of carboxylic acid groups (broad SMARTS) is 1. The zero-order valence-corrected chi connectivity index (χ0v) is 19.8. The highest BCUT2D eigenvalue weighted by Gasteiger charge is 2.49. The van der Waals surface area contributed by atoms with E-state index in [1.54, 1.807) is 19.1 Å². The monoisotopic (exact) mass is 504 g/mol. The Morgan fingerprint density at radius 3 is 2.37 bits per heavy atom. The van der Waals surface area contributed by atoms with Gasteiger partial charge in [0.05, 0.1) is 35.7 Å². The van der Waals surface area contributed by atoms with Crippen LogP contribution in [-0.2, 0) is 24.3 Å². The highest BCUT2D eigenvalue weighted by molar-refractivity contribution is 7.93. The third-order valence-electron chi connectivity index (χ3n) is 5.56. The van der Waals surface area contributed by atoms with Crippen LogP contribution in [0.15, 0.2) is 58.4 Å². The molecular formula is C22H28N6O6S. The number of hydrogen-bond acceptors (Lipinski definition) is 8. The maximum absolute atomic E-state index is 12.9. The van der Waals surface area contributed by atoms with Crippen molar-refractivity contribution in [3.63, 3.8) is 0 Å². The van der Waals surface area contributed by atoms with E-state index in [0.29, 0.717) is 12.1 Å². The number of benzene rings is 2. The summed E-state index contributed by atoms with van der Waals surface area (Å²) in [6, 6.07) is 12.5. The first-order chi connectivity index (χ1) is 16.4. The van der Waals surface area contributed by atoms with Gasteiger partial charge < -0.3 is 27.6 Å². The van der Waals surface area contributed by atoms with Crippen LogP contribution >= 0.6 is 0 Å². The van der Waals surface area contributed by atoms with Gasteiger partial charge in [0, 0.05) is 0 Å². The Morgan fingerprint density at radius 2 is 1.80 bits per heavy atom. The zero-order chi connectivity index (χ0) is 25.8. The van der Waals surface area contributed by atoms with Crippen molar-refractivity contribution in [1.82, 2.24) is 10.8 Å². The Kier molecular flexibility index (Phi) is 7.75. The van der Waals surface area contributed by atoms with Crippen LogP contribution in [0.4, 0.5) is 5.69 Å². The standard InChI is InChI=1S/C22H28N6O6S/c1-13-2-8-17(9-3-13)35(32,33)22(25,20(30)31)12-26-19(29)11-16-10-18(28-34-16)14-4-6-15(7-5-14)27-21(23)24/h2-9,16,18,28H,10-12,25H2,1H3,(H,26,29)(H,30,31)(H4,23,24,27)/t16-,18+,22+/m1/s1. The number of nitrogens with one attached hydrogen (secondary N) is 2. The van der Waals surface area contributed by atoms with Crippen molar-refractivity contribution in [1.29, 1.82) is 0 Å². The van der Waals surface area contributed by atoms with Crippen molar-refractivity contribution in [3.8, 4) is 0 Å². The minimum atomic E-state index is -4.50. The van der Waals surface area contributed by atoms with Crippen LogP contribution in [0.1, 0.15) is 30.0 Å². The molecule has 1 saturated heterocycles. The number of aliphatic imine (C=N–C) groups is 1. The molecule has 3 rings (SSSR count). The van der Waals surface area contributed by atoms with Crippen LogP contribution in [-0.4, -0.2) is 48.9 Å². The van der Waals surface area contributed by atoms with Crippen LogP contribution in [0.3, 0.4) is 0 Å². The van der Waals surface area contributed by atoms with Crippen LogP contribution < -0.4 is 28.0 Å². The molecule has 0 bridgehead atoms. The fraction of sp³-hybridized carbons (Fsp3) is 0.318. The van der Waals surface area contributed by atoms with E-state index in [0.717, 1.165) is 11.1 Å². The molecule has 1 fully saturated rings. The summed E-state index contributed by atoms with van der Waals surface area (Å²) in [7, 11) is -4.50. The Labute approximate surface area is 202 Å². The van der Waals surface area contributed by atoms with E-state index in [-0.39, 0.29) is 23.3 Å². The third kappa shape index (κ3) is 5.95. The highest BCUT2D eigenvalue weighted by atomic mass is 32.2. The summed E-state index contributed by atoms with van der Waals surface area (Å²) in [5, 5.41) is 11.9. The topological polar surface area (TPSA) is 212 Å². The Hall–Kier alpha value is -3.52. The first-order valence-corrected chi connectivity index (χ1v) is 12.1. The quantitative estimate of drug-likeness (QED) is 0.198. The van der Waals surface area contributed by atoms with Crippen molar-refractivity contribution in [2.24, 2.45) is 22.2 Å². The molecule has 35 heavy (non-hydrogen) atoms. The largest absolute Gasteiger partial charge is 0.479 e. The van der Waals surface area contributed by atoms with Crippen molar-refractivity contribution < 1.29 is 28.0 Å². The molecule has 1 amide bonds. The van der Waals surface area contributed by atoms with Gasteiger partial charge in [-0.15, -0.1) is 0 Å². The van der Waals surface area contributed by atoms with Crippen LogP contribution in [0.5, 0.6) is 0 Å². The number of carboxylic acids is 1. The SMILES string of the molecule is Cc1ccc(S(=O)(=O)[C@@](N)(CNC(=O)C[C@H]2C[C@@H](c3ccc(N=C(N)N)cc3)NO2)C(=O)O)cc1. The minimum Gasteiger partial charge on any atom is -0.479 e. The number of nitrogens with zero attached hydrogens (tertiary/aromatic N) is 1. The van der Waals surface area contributed by atoms with E-state index in [9.17, 15) is 23.1 Å². The molecular weight excluding hydrogens is 476 g/mol. The predicted molar refractivity (Wildman–Crippen MR) is 128 cm³/mol. The van der Waals surface area contributed by atoms with Crippen molar-refractivity contribution in [2.45, 2.75) is 41.7 Å². The third-order valence-corrected chi connectivity index (χ3v) is 7.73. The first-order valence-electron chi connectivity index (χ1n) is 10.6. The minimum absolute atomic E-state index is 0.0535. The lowest BCUT2D eigenvalue weighted by atomic mass is 10.0. The number of amides is 1. The average Bonchev–Trinajstić information content (AvgIpc) is 3.26. The second-order valence-electron chi connectivity index (χ2n) is 8.27. The molecule has 12 nitrogen and oxygen atoms in total. The number of carbonyl (C=O) groups excluding carboxylic acids is 1. The molecule has 9 N–H and O–H groups in total. The van der Waals surface area contributed by atoms with Gasteiger partial charge in [0.15, 0.2) is 5.96 Å². The van der Waals surface area contributed by atoms with Gasteiger partial charge in [0.25, 0.3) is 0 Å². The van der Waals surface area contributed by atoms with Gasteiger partial charge in [-0.25, -0.2) is 18.2 Å². The van der Waals surface area contributed by atoms with E-state index in [4.69, 9.17) is 22.0 Å². The number of aliphatic carboxylic acids is 1. The summed E-state index contributed by atoms with van der Waals surface area (Å²) in [6.45, 7) is 0.947. The van der Waals surface area contributed by atoms with Crippen LogP contribution in [0.25, 0.3) is 0 Å². The fourth-order valence-corrected chi connectivity index (χ4v) is 4.93. The maximum atomic E-state index is 12.9. The lowest BCUT2D eigenvalue weighted by Crippen LogP contribution is -2.61. The van der Waals surface area contributed by atoms with E-state index < -0.39 is 39.2 Å². The molecule has 0 aromatic heterocycles. The first kappa shape index (κ1) is 26.1. The highest BCUT2D eigenvalue weighted by Crippen LogP contribution is 2.28. The predicted octanol–water partition coefficient (Wildman–Crippen LogP) is -0.0457. The smallest absolute Gasteiger partial charge is 0.341 e. The molecule has 13 heteroatoms. The van der Waals surface area contributed by atoms with E-state index in [1.807, 2.05) is 12.1 Å². The van der Waals surface area contributed by atoms with Gasteiger partial charge in [-0.2, -0.15) is 5.48 Å². The number of hydroxylamine groups is 1. The number of rotatable bonds is 9. The summed E-state index contributed by atoms with van der Waals surface area (Å²) in [6.07, 6.45) is -0.206. The van der Waals surface area contributed by atoms with Gasteiger partial charge in [-0.1, -0.05) is 29.8 Å². The molecule has 2 aromatic carbocycles. The van der Waals surface area contributed by atoms with Gasteiger partial charge >= 0.3 is 5.97 Å². The molecule has 1 heterocycles. The number of carbonyl (C=O) groups is 2. The summed E-state index contributed by atoms with van der Waals surface area (Å²) in [4.78, 5) is 30.7. The molecule has 3 atom stereocenters. The fourth-order valence-electron chi connectivity index (χ4n) is 3.52. The molecule has 0 saturated carbocycles. The molecule has 0 radical (unpaired) electrons. The maximum Gasteiger partial charge on any atom is 0.341 e. The van der Waals surface area contributed by atoms with Gasteiger partial charge in [-0.3, -0.25) is 9.63 Å². The Bertz CT molecular complexity index is 1210. The van der Waals surface area contributed by atoms with Crippen molar-refractivity contribution in [2.75, 3.05) is 6.54 Å². The van der Waals surface area contributed by atoms with Gasteiger partial charge in [0.1, 0.15) is 0 Å². The second kappa shape index (κ2) is 10.4. The lowest BCUT2D eigenvalue weighted by Gasteiger charge is -2.25. The van der Waals surface area contributed by atoms with Crippen molar-refractivity contribution >= 4 is 33.4 Å². The normalized spacial score (nSPS) is 19.5. The van der Waals surface area contributed by atoms with Crippen LogP contribution in [0, 0.1) is 6.92 Å². The lowest BCUT2D eigenvalue weighted by molar-refractivity contribution is -0.140. The van der Waals surface area contributed by atoms with Crippen LogP contribution in [0.2, 0.25) is 0 Å². The second-order valence-corrected chi connectivity index (χ2v) is 10.5. The average molecular weight is 505 g/mol. The summed E-state index contributed by atoms with van der Waals surface area (Å²) >= 11 is 0. The molecule has 1 aliphatic rings. The van der Waals surface area contributed by atoms with Gasteiger partial charge in [0.2, 0.25) is 20.6 Å². The Balaban J connectivity index is 1.60. The molecule has 1 aliphatic heterocycles. The zero-order valence-electron chi connectivity index (χ0n) is 19.0. The molecule has 0 spiro atoms. The Morgan fingerprint density at radius 1 is 1.17 bits per heavy atom. The van der Waals surface area contributed by atoms with E-state index in [1.165, 1.54) is 24.3 Å².